The minimum Gasteiger partial charge on any atom is -0.460 e. The van der Waals surface area contributed by atoms with Gasteiger partial charge in [0, 0.05) is 10.8 Å². The summed E-state index contributed by atoms with van der Waals surface area (Å²) in [6, 6.07) is 0. The minimum absolute atomic E-state index is 0.105. The summed E-state index contributed by atoms with van der Waals surface area (Å²) in [7, 11) is 0. The van der Waals surface area contributed by atoms with Crippen LogP contribution >= 0.6 is 22.6 Å². The second-order valence-corrected chi connectivity index (χ2v) is 6.83. The lowest BCUT2D eigenvalue weighted by Gasteiger charge is -2.29. The highest BCUT2D eigenvalue weighted by Crippen LogP contribution is 2.31. The molecule has 0 amide bonds. The van der Waals surface area contributed by atoms with Crippen molar-refractivity contribution in [1.82, 2.24) is 0 Å². The van der Waals surface area contributed by atoms with Gasteiger partial charge in [-0.2, -0.15) is 0 Å². The lowest BCUT2D eigenvalue weighted by Crippen LogP contribution is -2.39. The summed E-state index contributed by atoms with van der Waals surface area (Å²) in [5.74, 6) is -0.275. The van der Waals surface area contributed by atoms with Crippen LogP contribution in [0.2, 0.25) is 0 Å². The quantitative estimate of drug-likeness (QED) is 0.329. The molecule has 0 radical (unpaired) electrons. The van der Waals surface area contributed by atoms with Crippen LogP contribution in [0.3, 0.4) is 0 Å². The van der Waals surface area contributed by atoms with E-state index >= 15 is 0 Å². The molecule has 0 aromatic carbocycles. The van der Waals surface area contributed by atoms with Crippen molar-refractivity contribution in [2.75, 3.05) is 0 Å². The number of hydrogen-bond acceptors (Lipinski definition) is 4. The number of alkyl halides is 1. The topological polar surface area (TPSA) is 55.8 Å². The smallest absolute Gasteiger partial charge is 0.302 e. The summed E-state index contributed by atoms with van der Waals surface area (Å²) >= 11 is 2.34. The van der Waals surface area contributed by atoms with Crippen LogP contribution in [0.1, 0.15) is 39.0 Å². The third-order valence-corrected chi connectivity index (χ3v) is 4.91. The van der Waals surface area contributed by atoms with E-state index < -0.39 is 6.10 Å². The van der Waals surface area contributed by atoms with Crippen LogP contribution < -0.4 is 0 Å². The molecule has 4 nitrogen and oxygen atoms in total. The Kier molecular flexibility index (Phi) is 5.65. The second kappa shape index (κ2) is 7.04. The molecule has 0 saturated carbocycles. The Morgan fingerprint density at radius 1 is 1.37 bits per heavy atom. The molecule has 2 bridgehead atoms. The van der Waals surface area contributed by atoms with E-state index in [0.717, 1.165) is 19.3 Å². The number of ether oxygens (including phenoxy) is 2. The summed E-state index contributed by atoms with van der Waals surface area (Å²) in [5.41, 5.74) is 0. The molecule has 0 aromatic rings. The number of carbonyl (C=O) groups excluding carboxylic acids is 1. The predicted octanol–water partition coefficient (Wildman–Crippen LogP) is 2.37. The Bertz CT molecular complexity index is 344. The van der Waals surface area contributed by atoms with Gasteiger partial charge in [-0.3, -0.25) is 4.79 Å². The van der Waals surface area contributed by atoms with E-state index in [2.05, 4.69) is 34.7 Å². The van der Waals surface area contributed by atoms with Crippen LogP contribution in [0.5, 0.6) is 0 Å². The van der Waals surface area contributed by atoms with Crippen molar-refractivity contribution in [3.05, 3.63) is 12.2 Å². The molecule has 5 atom stereocenters. The van der Waals surface area contributed by atoms with Gasteiger partial charge in [-0.25, -0.2) is 0 Å². The molecule has 0 spiro atoms. The fourth-order valence-corrected chi connectivity index (χ4v) is 3.67. The number of carbonyl (C=O) groups is 1. The first-order chi connectivity index (χ1) is 9.08. The van der Waals surface area contributed by atoms with Gasteiger partial charge in [-0.1, -0.05) is 34.7 Å². The SMILES string of the molecule is CC(=O)O[C@H]1CC[C@H](O)[C@H]2O[C@@H]1CC/C=C\C[C@@H]2I. The fourth-order valence-electron chi connectivity index (χ4n) is 2.73. The van der Waals surface area contributed by atoms with Gasteiger partial charge in [-0.05, 0) is 32.1 Å². The van der Waals surface area contributed by atoms with Crippen LogP contribution in [0, 0.1) is 0 Å². The number of aliphatic hydroxyl groups is 1. The van der Waals surface area contributed by atoms with Crippen molar-refractivity contribution in [3.8, 4) is 0 Å². The Balaban J connectivity index is 2.16. The number of esters is 1. The van der Waals surface area contributed by atoms with Gasteiger partial charge in [0.2, 0.25) is 0 Å². The molecule has 1 saturated heterocycles. The van der Waals surface area contributed by atoms with Gasteiger partial charge in [0.1, 0.15) is 6.10 Å². The van der Waals surface area contributed by atoms with E-state index in [0.29, 0.717) is 12.8 Å². The van der Waals surface area contributed by atoms with E-state index in [1.165, 1.54) is 6.92 Å². The number of aliphatic hydroxyl groups excluding tert-OH is 1. The highest BCUT2D eigenvalue weighted by atomic mass is 127. The van der Waals surface area contributed by atoms with Crippen LogP contribution in [0.25, 0.3) is 0 Å². The highest BCUT2D eigenvalue weighted by molar-refractivity contribution is 14.1. The molecule has 2 rings (SSSR count). The Labute approximate surface area is 127 Å². The zero-order chi connectivity index (χ0) is 13.8. The fraction of sp³-hybridized carbons (Fsp3) is 0.786. The molecule has 108 valence electrons. The maximum Gasteiger partial charge on any atom is 0.302 e. The molecular weight excluding hydrogens is 359 g/mol. The molecule has 0 aromatic heterocycles. The second-order valence-electron chi connectivity index (χ2n) is 5.23. The standard InChI is InChI=1S/C14H21IO4/c1-9(16)18-13-8-7-11(17)14-10(15)5-3-2-4-6-12(13)19-14/h2-3,10-14,17H,4-8H2,1H3/b3-2-/t10-,11-,12+,13-,14-/m0/s1. The monoisotopic (exact) mass is 380 g/mol. The average Bonchev–Trinajstić information content (AvgIpc) is 2.44. The van der Waals surface area contributed by atoms with E-state index in [1.807, 2.05) is 0 Å². The molecule has 2 aliphatic rings. The van der Waals surface area contributed by atoms with E-state index in [1.54, 1.807) is 0 Å². The molecule has 1 fully saturated rings. The zero-order valence-electron chi connectivity index (χ0n) is 11.1. The molecule has 1 N–H and O–H groups in total. The Hall–Kier alpha value is -0.140. The highest BCUT2D eigenvalue weighted by Gasteiger charge is 2.38. The number of allylic oxidation sites excluding steroid dienone is 2. The van der Waals surface area contributed by atoms with Crippen molar-refractivity contribution in [1.29, 1.82) is 0 Å². The summed E-state index contributed by atoms with van der Waals surface area (Å²) in [5, 5.41) is 10.2. The zero-order valence-corrected chi connectivity index (χ0v) is 13.3. The van der Waals surface area contributed by atoms with Gasteiger partial charge >= 0.3 is 5.97 Å². The largest absolute Gasteiger partial charge is 0.460 e. The van der Waals surface area contributed by atoms with Gasteiger partial charge in [0.05, 0.1) is 18.3 Å². The molecule has 2 aliphatic heterocycles. The molecule has 19 heavy (non-hydrogen) atoms. The Morgan fingerprint density at radius 3 is 2.89 bits per heavy atom. The maximum absolute atomic E-state index is 11.2. The summed E-state index contributed by atoms with van der Waals surface area (Å²) in [6.45, 7) is 1.43. The molecule has 2 heterocycles. The van der Waals surface area contributed by atoms with Crippen molar-refractivity contribution in [2.45, 2.75) is 67.4 Å². The lowest BCUT2D eigenvalue weighted by molar-refractivity contribution is -0.158. The normalized spacial score (nSPS) is 41.3. The van der Waals surface area contributed by atoms with E-state index in [9.17, 15) is 9.90 Å². The number of halogens is 1. The first kappa shape index (κ1) is 15.3. The van der Waals surface area contributed by atoms with Gasteiger partial charge < -0.3 is 14.6 Å². The van der Waals surface area contributed by atoms with Crippen molar-refractivity contribution < 1.29 is 19.4 Å². The van der Waals surface area contributed by atoms with Crippen LogP contribution in [-0.2, 0) is 14.3 Å². The third-order valence-electron chi connectivity index (χ3n) is 3.69. The van der Waals surface area contributed by atoms with E-state index in [-0.39, 0.29) is 28.2 Å². The van der Waals surface area contributed by atoms with Crippen molar-refractivity contribution >= 4 is 28.6 Å². The first-order valence-electron chi connectivity index (χ1n) is 6.87. The number of hydrogen-bond donors (Lipinski definition) is 1. The first-order valence-corrected chi connectivity index (χ1v) is 8.12. The summed E-state index contributed by atoms with van der Waals surface area (Å²) in [4.78, 5) is 11.2. The van der Waals surface area contributed by atoms with Crippen molar-refractivity contribution in [2.24, 2.45) is 0 Å². The van der Waals surface area contributed by atoms with Crippen LogP contribution in [-0.4, -0.2) is 39.4 Å². The van der Waals surface area contributed by atoms with Crippen LogP contribution in [0.15, 0.2) is 12.2 Å². The number of rotatable bonds is 1. The summed E-state index contributed by atoms with van der Waals surface area (Å²) in [6.07, 6.45) is 7.30. The van der Waals surface area contributed by atoms with Crippen molar-refractivity contribution in [3.63, 3.8) is 0 Å². The molecule has 5 heteroatoms. The van der Waals surface area contributed by atoms with Gasteiger partial charge in [0.15, 0.2) is 0 Å². The number of fused-ring (bicyclic) bond motifs is 2. The lowest BCUT2D eigenvalue weighted by atomic mass is 10.0. The van der Waals surface area contributed by atoms with E-state index in [4.69, 9.17) is 9.47 Å². The van der Waals surface area contributed by atoms with Gasteiger partial charge in [-0.15, -0.1) is 0 Å². The average molecular weight is 380 g/mol. The molecular formula is C14H21IO4. The molecule has 0 aliphatic carbocycles. The summed E-state index contributed by atoms with van der Waals surface area (Å²) < 4.78 is 11.7. The maximum atomic E-state index is 11.2. The molecule has 0 unspecified atom stereocenters. The van der Waals surface area contributed by atoms with Crippen LogP contribution in [0.4, 0.5) is 0 Å². The minimum atomic E-state index is -0.476. The Morgan fingerprint density at radius 2 is 2.16 bits per heavy atom. The third kappa shape index (κ3) is 4.16. The van der Waals surface area contributed by atoms with Gasteiger partial charge in [0.25, 0.3) is 0 Å². The predicted molar refractivity (Wildman–Crippen MR) is 80.3 cm³/mol.